The van der Waals surface area contributed by atoms with E-state index < -0.39 is 0 Å². The first-order chi connectivity index (χ1) is 8.60. The topological polar surface area (TPSA) is 59.8 Å². The lowest BCUT2D eigenvalue weighted by molar-refractivity contribution is -0.111. The second-order valence-corrected chi connectivity index (χ2v) is 4.07. The van der Waals surface area contributed by atoms with E-state index in [2.05, 4.69) is 22.2 Å². The number of aryl methyl sites for hydroxylation is 1. The van der Waals surface area contributed by atoms with Gasteiger partial charge in [-0.05, 0) is 31.2 Å². The van der Waals surface area contributed by atoms with E-state index in [0.29, 0.717) is 16.4 Å². The van der Waals surface area contributed by atoms with Crippen LogP contribution in [0.1, 0.15) is 5.69 Å². The smallest absolute Gasteiger partial charge is 0.247 e. The molecule has 1 aromatic carbocycles. The van der Waals surface area contributed by atoms with E-state index >= 15 is 0 Å². The first-order valence-electron chi connectivity index (χ1n) is 5.22. The number of nitrogens with one attached hydrogen (secondary N) is 1. The predicted octanol–water partition coefficient (Wildman–Crippen LogP) is 2.35. The third kappa shape index (κ3) is 2.57. The first kappa shape index (κ1) is 12.3. The number of rotatable bonds is 3. The summed E-state index contributed by atoms with van der Waals surface area (Å²) < 4.78 is 1.58. The summed E-state index contributed by atoms with van der Waals surface area (Å²) in [5, 5.41) is 10.9. The molecule has 6 heteroatoms. The molecule has 0 unspecified atom stereocenters. The van der Waals surface area contributed by atoms with Crippen LogP contribution in [0.4, 0.5) is 5.69 Å². The van der Waals surface area contributed by atoms with Crippen molar-refractivity contribution in [2.45, 2.75) is 6.92 Å². The summed E-state index contributed by atoms with van der Waals surface area (Å²) in [6, 6.07) is 5.14. The highest BCUT2D eigenvalue weighted by atomic mass is 35.5. The Hall–Kier alpha value is -2.14. The zero-order chi connectivity index (χ0) is 13.1. The van der Waals surface area contributed by atoms with Gasteiger partial charge in [-0.3, -0.25) is 4.79 Å². The van der Waals surface area contributed by atoms with Gasteiger partial charge < -0.3 is 5.32 Å². The van der Waals surface area contributed by atoms with Crippen LogP contribution in [0.15, 0.2) is 37.1 Å². The molecule has 18 heavy (non-hydrogen) atoms. The van der Waals surface area contributed by atoms with Crippen LogP contribution in [0.25, 0.3) is 5.69 Å². The molecule has 2 rings (SSSR count). The Balaban J connectivity index is 2.30. The highest BCUT2D eigenvalue weighted by Gasteiger charge is 2.06. The van der Waals surface area contributed by atoms with Crippen LogP contribution in [0, 0.1) is 6.92 Å². The average molecular weight is 263 g/mol. The van der Waals surface area contributed by atoms with Crippen molar-refractivity contribution in [1.82, 2.24) is 15.0 Å². The zero-order valence-electron chi connectivity index (χ0n) is 9.72. The van der Waals surface area contributed by atoms with Gasteiger partial charge in [-0.2, -0.15) is 0 Å². The lowest BCUT2D eigenvalue weighted by Gasteiger charge is -2.06. The summed E-state index contributed by atoms with van der Waals surface area (Å²) >= 11 is 6.13. The molecule has 0 aliphatic rings. The Morgan fingerprint density at radius 1 is 1.56 bits per heavy atom. The van der Waals surface area contributed by atoms with Gasteiger partial charge in [0.05, 0.1) is 22.6 Å². The first-order valence-corrected chi connectivity index (χ1v) is 5.60. The number of hydrogen-bond donors (Lipinski definition) is 1. The highest BCUT2D eigenvalue weighted by Crippen LogP contribution is 2.23. The summed E-state index contributed by atoms with van der Waals surface area (Å²) in [6.45, 7) is 5.22. The van der Waals surface area contributed by atoms with Crippen molar-refractivity contribution in [3.05, 3.63) is 47.8 Å². The van der Waals surface area contributed by atoms with E-state index in [-0.39, 0.29) is 5.91 Å². The van der Waals surface area contributed by atoms with Gasteiger partial charge in [0, 0.05) is 5.69 Å². The van der Waals surface area contributed by atoms with Gasteiger partial charge in [-0.1, -0.05) is 23.4 Å². The third-order valence-corrected chi connectivity index (χ3v) is 2.56. The molecule has 0 saturated heterocycles. The molecule has 2 aromatic rings. The molecule has 0 aliphatic carbocycles. The van der Waals surface area contributed by atoms with E-state index in [9.17, 15) is 4.79 Å². The molecule has 1 N–H and O–H groups in total. The number of benzene rings is 1. The lowest BCUT2D eigenvalue weighted by Crippen LogP contribution is -2.07. The molecule has 0 radical (unpaired) electrons. The Kier molecular flexibility index (Phi) is 3.43. The molecule has 1 heterocycles. The maximum absolute atomic E-state index is 11.2. The van der Waals surface area contributed by atoms with Crippen molar-refractivity contribution >= 4 is 23.2 Å². The summed E-state index contributed by atoms with van der Waals surface area (Å²) in [6.07, 6.45) is 2.96. The van der Waals surface area contributed by atoms with Crippen LogP contribution in [0.5, 0.6) is 0 Å². The number of halogens is 1. The number of carbonyl (C=O) groups is 1. The molecule has 1 aromatic heterocycles. The van der Waals surface area contributed by atoms with Crippen molar-refractivity contribution in [1.29, 1.82) is 0 Å². The van der Waals surface area contributed by atoms with Crippen molar-refractivity contribution < 1.29 is 4.79 Å². The Bertz CT molecular complexity index is 606. The van der Waals surface area contributed by atoms with Gasteiger partial charge in [0.1, 0.15) is 0 Å². The molecule has 0 spiro atoms. The summed E-state index contributed by atoms with van der Waals surface area (Å²) in [5.41, 5.74) is 2.11. The molecule has 0 aliphatic heterocycles. The molecule has 1 amide bonds. The highest BCUT2D eigenvalue weighted by molar-refractivity contribution is 6.32. The van der Waals surface area contributed by atoms with Gasteiger partial charge in [0.25, 0.3) is 0 Å². The SMILES string of the molecule is C=CC(=O)Nc1ccc(-n2cc(C)nn2)c(Cl)c1. The summed E-state index contributed by atoms with van der Waals surface area (Å²) in [5.74, 6) is -0.282. The van der Waals surface area contributed by atoms with Crippen molar-refractivity contribution in [3.8, 4) is 5.69 Å². The van der Waals surface area contributed by atoms with Crippen LogP contribution in [-0.4, -0.2) is 20.9 Å². The third-order valence-electron chi connectivity index (χ3n) is 2.26. The van der Waals surface area contributed by atoms with E-state index in [0.717, 1.165) is 5.69 Å². The maximum atomic E-state index is 11.2. The Labute approximate surface area is 109 Å². The number of hydrogen-bond acceptors (Lipinski definition) is 3. The van der Waals surface area contributed by atoms with Gasteiger partial charge in [-0.25, -0.2) is 4.68 Å². The van der Waals surface area contributed by atoms with Gasteiger partial charge in [0.2, 0.25) is 5.91 Å². The average Bonchev–Trinajstić information content (AvgIpc) is 2.75. The maximum Gasteiger partial charge on any atom is 0.247 e. The molecule has 0 saturated carbocycles. The summed E-state index contributed by atoms with van der Waals surface area (Å²) in [7, 11) is 0. The number of aromatic nitrogens is 3. The van der Waals surface area contributed by atoms with Crippen LogP contribution in [0.3, 0.4) is 0 Å². The largest absolute Gasteiger partial charge is 0.322 e. The van der Waals surface area contributed by atoms with Crippen molar-refractivity contribution in [2.24, 2.45) is 0 Å². The van der Waals surface area contributed by atoms with Crippen LogP contribution >= 0.6 is 11.6 Å². The lowest BCUT2D eigenvalue weighted by atomic mass is 10.2. The quantitative estimate of drug-likeness (QED) is 0.864. The van der Waals surface area contributed by atoms with E-state index in [4.69, 9.17) is 11.6 Å². The molecule has 0 fully saturated rings. The minimum atomic E-state index is -0.282. The van der Waals surface area contributed by atoms with Crippen LogP contribution < -0.4 is 5.32 Å². The minimum Gasteiger partial charge on any atom is -0.322 e. The number of amides is 1. The minimum absolute atomic E-state index is 0.282. The summed E-state index contributed by atoms with van der Waals surface area (Å²) in [4.78, 5) is 11.2. The van der Waals surface area contributed by atoms with Gasteiger partial charge in [-0.15, -0.1) is 5.10 Å². The van der Waals surface area contributed by atoms with E-state index in [1.165, 1.54) is 6.08 Å². The van der Waals surface area contributed by atoms with E-state index in [1.54, 1.807) is 29.1 Å². The fourth-order valence-electron chi connectivity index (χ4n) is 1.43. The normalized spacial score (nSPS) is 10.1. The van der Waals surface area contributed by atoms with Gasteiger partial charge >= 0.3 is 0 Å². The van der Waals surface area contributed by atoms with E-state index in [1.807, 2.05) is 6.92 Å². The monoisotopic (exact) mass is 262 g/mol. The fraction of sp³-hybridized carbons (Fsp3) is 0.0833. The molecule has 92 valence electrons. The predicted molar refractivity (Wildman–Crippen MR) is 69.9 cm³/mol. The number of nitrogens with zero attached hydrogens (tertiary/aromatic N) is 3. The second-order valence-electron chi connectivity index (χ2n) is 3.66. The number of carbonyl (C=O) groups excluding carboxylic acids is 1. The van der Waals surface area contributed by atoms with Crippen LogP contribution in [-0.2, 0) is 4.79 Å². The molecule has 0 atom stereocenters. The van der Waals surface area contributed by atoms with Crippen molar-refractivity contribution in [2.75, 3.05) is 5.32 Å². The molecular formula is C12H11ClN4O. The zero-order valence-corrected chi connectivity index (χ0v) is 10.5. The molecule has 5 nitrogen and oxygen atoms in total. The standard InChI is InChI=1S/C12H11ClN4O/c1-3-12(18)14-9-4-5-11(10(13)6-9)17-7-8(2)15-16-17/h3-7H,1H2,2H3,(H,14,18). The van der Waals surface area contributed by atoms with Gasteiger partial charge in [0.15, 0.2) is 0 Å². The number of anilines is 1. The van der Waals surface area contributed by atoms with Crippen LogP contribution in [0.2, 0.25) is 5.02 Å². The molecule has 0 bridgehead atoms. The second kappa shape index (κ2) is 5.01. The fourth-order valence-corrected chi connectivity index (χ4v) is 1.70. The molecular weight excluding hydrogens is 252 g/mol. The van der Waals surface area contributed by atoms with Crippen molar-refractivity contribution in [3.63, 3.8) is 0 Å². The Morgan fingerprint density at radius 3 is 2.89 bits per heavy atom. The Morgan fingerprint density at radius 2 is 2.33 bits per heavy atom.